The molecular weight excluding hydrogens is 397 g/mol. The summed E-state index contributed by atoms with van der Waals surface area (Å²) in [6.45, 7) is 4.35. The van der Waals surface area contributed by atoms with Gasteiger partial charge in [-0.2, -0.15) is 13.2 Å². The zero-order valence-electron chi connectivity index (χ0n) is 16.1. The Morgan fingerprint density at radius 1 is 1.17 bits per heavy atom. The van der Waals surface area contributed by atoms with Crippen LogP contribution in [0.5, 0.6) is 0 Å². The van der Waals surface area contributed by atoms with Crippen molar-refractivity contribution >= 4 is 17.7 Å². The smallest absolute Gasteiger partial charge is 0.410 e. The van der Waals surface area contributed by atoms with Crippen LogP contribution in [0.25, 0.3) is 0 Å². The molecule has 0 saturated carbocycles. The first-order chi connectivity index (χ1) is 13.3. The highest BCUT2D eigenvalue weighted by Crippen LogP contribution is 2.34. The molecule has 1 aliphatic heterocycles. The Balaban J connectivity index is 2.08. The number of carbonyl (C=O) groups excluding carboxylic acids is 2. The Kier molecular flexibility index (Phi) is 6.39. The number of nitrogens with zero attached hydrogens (tertiary/aromatic N) is 2. The van der Waals surface area contributed by atoms with Crippen molar-refractivity contribution in [1.29, 1.82) is 0 Å². The van der Waals surface area contributed by atoms with Gasteiger partial charge in [0.2, 0.25) is 0 Å². The van der Waals surface area contributed by atoms with Crippen molar-refractivity contribution in [3.63, 3.8) is 0 Å². The molecule has 2 rings (SSSR count). The maximum absolute atomic E-state index is 13.5. The van der Waals surface area contributed by atoms with Gasteiger partial charge in [-0.05, 0) is 32.9 Å². The Labute approximate surface area is 164 Å². The first kappa shape index (κ1) is 22.4. The van der Waals surface area contributed by atoms with Crippen molar-refractivity contribution < 1.29 is 37.2 Å². The molecule has 1 aliphatic rings. The van der Waals surface area contributed by atoms with Gasteiger partial charge in [-0.25, -0.2) is 9.59 Å². The highest BCUT2D eigenvalue weighted by Gasteiger charge is 2.50. The van der Waals surface area contributed by atoms with Gasteiger partial charge in [-0.15, -0.1) is 0 Å². The highest BCUT2D eigenvalue weighted by atomic mass is 19.4. The zero-order chi connectivity index (χ0) is 22.0. The minimum atomic E-state index is -4.73. The summed E-state index contributed by atoms with van der Waals surface area (Å²) in [6.07, 6.45) is -7.50. The van der Waals surface area contributed by atoms with Crippen LogP contribution in [0.4, 0.5) is 23.7 Å². The number of carbonyl (C=O) groups is 2. The number of piperidine rings is 1. The number of alkyl halides is 3. The number of ether oxygens (including phenoxy) is 2. The van der Waals surface area contributed by atoms with E-state index in [1.165, 1.54) is 0 Å². The van der Waals surface area contributed by atoms with E-state index in [9.17, 15) is 32.9 Å². The van der Waals surface area contributed by atoms with Crippen LogP contribution in [0, 0.1) is 10.1 Å². The number of hydrogen-bond donors (Lipinski definition) is 0. The van der Waals surface area contributed by atoms with Crippen LogP contribution in [0.2, 0.25) is 0 Å². The van der Waals surface area contributed by atoms with E-state index in [0.29, 0.717) is 4.90 Å². The number of hydrogen-bond acceptors (Lipinski definition) is 6. The molecule has 29 heavy (non-hydrogen) atoms. The fraction of sp³-hybridized carbons (Fsp3) is 0.556. The quantitative estimate of drug-likeness (QED) is 0.417. The van der Waals surface area contributed by atoms with Gasteiger partial charge in [0.15, 0.2) is 0 Å². The number of amides is 1. The molecule has 2 atom stereocenters. The van der Waals surface area contributed by atoms with E-state index in [1.807, 2.05) is 0 Å². The molecule has 0 aliphatic carbocycles. The number of likely N-dealkylation sites (tertiary alicyclic amines) is 1. The lowest BCUT2D eigenvalue weighted by Crippen LogP contribution is -2.55. The normalized spacial score (nSPS) is 20.1. The third kappa shape index (κ3) is 6.06. The Hall–Kier alpha value is -2.85. The molecule has 1 heterocycles. The number of rotatable bonds is 3. The summed E-state index contributed by atoms with van der Waals surface area (Å²) in [5.41, 5.74) is -1.20. The van der Waals surface area contributed by atoms with Gasteiger partial charge in [0, 0.05) is 31.5 Å². The van der Waals surface area contributed by atoms with E-state index in [1.54, 1.807) is 20.8 Å². The van der Waals surface area contributed by atoms with Gasteiger partial charge in [-0.3, -0.25) is 15.0 Å². The second kappa shape index (κ2) is 8.26. The van der Waals surface area contributed by atoms with Gasteiger partial charge < -0.3 is 9.47 Å². The Bertz CT molecular complexity index is 773. The molecule has 1 aromatic rings. The van der Waals surface area contributed by atoms with E-state index in [2.05, 4.69) is 0 Å². The van der Waals surface area contributed by atoms with Crippen LogP contribution in [0.15, 0.2) is 24.3 Å². The maximum atomic E-state index is 13.5. The summed E-state index contributed by atoms with van der Waals surface area (Å²) in [4.78, 5) is 34.9. The van der Waals surface area contributed by atoms with Crippen LogP contribution in [0.3, 0.4) is 0 Å². The molecule has 1 fully saturated rings. The lowest BCUT2D eigenvalue weighted by Gasteiger charge is -2.40. The first-order valence-electron chi connectivity index (χ1n) is 8.79. The number of esters is 1. The van der Waals surface area contributed by atoms with E-state index in [0.717, 1.165) is 24.3 Å². The summed E-state index contributed by atoms with van der Waals surface area (Å²) in [7, 11) is 0. The summed E-state index contributed by atoms with van der Waals surface area (Å²) >= 11 is 0. The minimum Gasteiger partial charge on any atom is -0.459 e. The van der Waals surface area contributed by atoms with Crippen LogP contribution >= 0.6 is 0 Å². The summed E-state index contributed by atoms with van der Waals surface area (Å²) in [5.74, 6) is -0.892. The minimum absolute atomic E-state index is 0.00451. The number of halogens is 3. The molecule has 1 amide bonds. The third-order valence-electron chi connectivity index (χ3n) is 4.15. The predicted octanol–water partition coefficient (Wildman–Crippen LogP) is 4.08. The number of benzene rings is 1. The molecular formula is C18H21F3N2O6. The van der Waals surface area contributed by atoms with E-state index < -0.39 is 47.3 Å². The standard InChI is InChI=1S/C18H21F3N2O6/c1-17(2,3)29-16(25)22-9-8-13(10-14(22)18(19,20)21)28-15(24)11-4-6-12(7-5-11)23(26)27/h4-7,13-14H,8-10H2,1-3H3/t13-,14-/m1/s1. The van der Waals surface area contributed by atoms with Gasteiger partial charge in [0.25, 0.3) is 5.69 Å². The largest absolute Gasteiger partial charge is 0.459 e. The highest BCUT2D eigenvalue weighted by molar-refractivity contribution is 5.89. The topological polar surface area (TPSA) is 99.0 Å². The lowest BCUT2D eigenvalue weighted by atomic mass is 9.99. The van der Waals surface area contributed by atoms with Crippen LogP contribution in [-0.2, 0) is 9.47 Å². The molecule has 1 aromatic carbocycles. The second-order valence-electron chi connectivity index (χ2n) is 7.59. The molecule has 1 saturated heterocycles. The number of nitro benzene ring substituents is 1. The molecule has 0 N–H and O–H groups in total. The zero-order valence-corrected chi connectivity index (χ0v) is 16.1. The molecule has 0 aromatic heterocycles. The van der Waals surface area contributed by atoms with Crippen LogP contribution in [0.1, 0.15) is 44.0 Å². The molecule has 0 radical (unpaired) electrons. The Morgan fingerprint density at radius 3 is 2.24 bits per heavy atom. The number of non-ortho nitro benzene ring substituents is 1. The van der Waals surface area contributed by atoms with Crippen molar-refractivity contribution in [2.75, 3.05) is 6.54 Å². The lowest BCUT2D eigenvalue weighted by molar-refractivity contribution is -0.384. The number of nitro groups is 1. The summed E-state index contributed by atoms with van der Waals surface area (Å²) in [5, 5.41) is 10.6. The van der Waals surface area contributed by atoms with Gasteiger partial charge in [0.1, 0.15) is 17.7 Å². The van der Waals surface area contributed by atoms with Gasteiger partial charge in [-0.1, -0.05) is 0 Å². The van der Waals surface area contributed by atoms with Crippen molar-refractivity contribution in [1.82, 2.24) is 4.90 Å². The van der Waals surface area contributed by atoms with E-state index in [-0.39, 0.29) is 24.2 Å². The van der Waals surface area contributed by atoms with Crippen LogP contribution in [-0.4, -0.2) is 52.4 Å². The summed E-state index contributed by atoms with van der Waals surface area (Å²) in [6, 6.07) is 2.37. The van der Waals surface area contributed by atoms with Gasteiger partial charge >= 0.3 is 18.2 Å². The fourth-order valence-corrected chi connectivity index (χ4v) is 2.83. The van der Waals surface area contributed by atoms with Crippen molar-refractivity contribution in [2.45, 2.75) is 57.5 Å². The monoisotopic (exact) mass is 418 g/mol. The van der Waals surface area contributed by atoms with Crippen molar-refractivity contribution in [3.05, 3.63) is 39.9 Å². The van der Waals surface area contributed by atoms with Gasteiger partial charge in [0.05, 0.1) is 10.5 Å². The molecule has 0 unspecified atom stereocenters. The maximum Gasteiger partial charge on any atom is 0.410 e. The molecule has 0 bridgehead atoms. The van der Waals surface area contributed by atoms with E-state index in [4.69, 9.17) is 9.47 Å². The molecule has 8 nitrogen and oxygen atoms in total. The predicted molar refractivity (Wildman–Crippen MR) is 94.3 cm³/mol. The molecule has 160 valence electrons. The third-order valence-corrected chi connectivity index (χ3v) is 4.15. The van der Waals surface area contributed by atoms with Crippen molar-refractivity contribution in [2.24, 2.45) is 0 Å². The Morgan fingerprint density at radius 2 is 1.76 bits per heavy atom. The molecule has 11 heteroatoms. The summed E-state index contributed by atoms with van der Waals surface area (Å²) < 4.78 is 50.6. The SMILES string of the molecule is CC(C)(C)OC(=O)N1CC[C@@H](OC(=O)c2ccc([N+](=O)[O-])cc2)C[C@@H]1C(F)(F)F. The average Bonchev–Trinajstić information content (AvgIpc) is 2.59. The molecule has 0 spiro atoms. The first-order valence-corrected chi connectivity index (χ1v) is 8.79. The second-order valence-corrected chi connectivity index (χ2v) is 7.59. The van der Waals surface area contributed by atoms with Crippen LogP contribution < -0.4 is 0 Å². The van der Waals surface area contributed by atoms with Crippen molar-refractivity contribution in [3.8, 4) is 0 Å². The average molecular weight is 418 g/mol. The fourth-order valence-electron chi connectivity index (χ4n) is 2.83. The van der Waals surface area contributed by atoms with E-state index >= 15 is 0 Å².